The zero-order valence-electron chi connectivity index (χ0n) is 11.8. The monoisotopic (exact) mass is 404 g/mol. The molecule has 20 heavy (non-hydrogen) atoms. The van der Waals surface area contributed by atoms with Crippen LogP contribution in [0, 0.1) is 3.57 Å². The Balaban J connectivity index is 2.03. The molecule has 0 amide bonds. The molecule has 0 saturated heterocycles. The molecule has 1 heterocycles. The standard InChI is InChI=1S/C15H18ClIN2O/c1-15(2,3)19-7-6-14-18-9-13(20-14)10-4-5-12(17)11(16)8-10/h4-5,8-9,19H,6-7H2,1-3H3. The van der Waals surface area contributed by atoms with Crippen LogP contribution in [0.2, 0.25) is 5.02 Å². The van der Waals surface area contributed by atoms with Gasteiger partial charge < -0.3 is 9.73 Å². The lowest BCUT2D eigenvalue weighted by atomic mass is 10.1. The summed E-state index contributed by atoms with van der Waals surface area (Å²) < 4.78 is 6.80. The number of hydrogen-bond donors (Lipinski definition) is 1. The van der Waals surface area contributed by atoms with Crippen molar-refractivity contribution >= 4 is 34.2 Å². The van der Waals surface area contributed by atoms with Crippen LogP contribution >= 0.6 is 34.2 Å². The Hall–Kier alpha value is -0.590. The van der Waals surface area contributed by atoms with E-state index in [1.807, 2.05) is 18.2 Å². The van der Waals surface area contributed by atoms with Gasteiger partial charge in [0.25, 0.3) is 0 Å². The van der Waals surface area contributed by atoms with Crippen molar-refractivity contribution in [3.63, 3.8) is 0 Å². The minimum atomic E-state index is 0.110. The molecular formula is C15H18ClIN2O. The Bertz CT molecular complexity index is 590. The summed E-state index contributed by atoms with van der Waals surface area (Å²) in [5.74, 6) is 1.50. The van der Waals surface area contributed by atoms with Crippen molar-refractivity contribution in [2.75, 3.05) is 6.54 Å². The van der Waals surface area contributed by atoms with E-state index in [1.54, 1.807) is 6.20 Å². The number of aromatic nitrogens is 1. The van der Waals surface area contributed by atoms with Crippen LogP contribution in [0.4, 0.5) is 0 Å². The van der Waals surface area contributed by atoms with Crippen LogP contribution in [0.15, 0.2) is 28.8 Å². The van der Waals surface area contributed by atoms with Gasteiger partial charge in [0.1, 0.15) is 0 Å². The summed E-state index contributed by atoms with van der Waals surface area (Å²) in [7, 11) is 0. The summed E-state index contributed by atoms with van der Waals surface area (Å²) in [4.78, 5) is 4.31. The first kappa shape index (κ1) is 15.8. The van der Waals surface area contributed by atoms with E-state index in [1.165, 1.54) is 0 Å². The van der Waals surface area contributed by atoms with E-state index in [2.05, 4.69) is 53.7 Å². The fourth-order valence-electron chi connectivity index (χ4n) is 1.75. The molecule has 1 aromatic carbocycles. The second-order valence-corrected chi connectivity index (χ2v) is 7.24. The van der Waals surface area contributed by atoms with Crippen LogP contribution in [0.3, 0.4) is 0 Å². The fourth-order valence-corrected chi connectivity index (χ4v) is 2.27. The third-order valence-corrected chi connectivity index (χ3v) is 4.32. The lowest BCUT2D eigenvalue weighted by Gasteiger charge is -2.19. The highest BCUT2D eigenvalue weighted by molar-refractivity contribution is 14.1. The topological polar surface area (TPSA) is 38.1 Å². The fraction of sp³-hybridized carbons (Fsp3) is 0.400. The SMILES string of the molecule is CC(C)(C)NCCc1ncc(-c2ccc(I)c(Cl)c2)o1. The Labute approximate surface area is 138 Å². The summed E-state index contributed by atoms with van der Waals surface area (Å²) in [6.45, 7) is 7.27. The molecule has 2 rings (SSSR count). The number of benzene rings is 1. The first-order chi connectivity index (χ1) is 9.35. The molecule has 0 radical (unpaired) electrons. The van der Waals surface area contributed by atoms with Crippen molar-refractivity contribution in [3.8, 4) is 11.3 Å². The summed E-state index contributed by atoms with van der Waals surface area (Å²) in [5.41, 5.74) is 1.07. The minimum absolute atomic E-state index is 0.110. The maximum atomic E-state index is 6.12. The van der Waals surface area contributed by atoms with Crippen LogP contribution in [-0.4, -0.2) is 17.1 Å². The van der Waals surface area contributed by atoms with E-state index in [4.69, 9.17) is 16.0 Å². The molecule has 5 heteroatoms. The van der Waals surface area contributed by atoms with Gasteiger partial charge in [-0.3, -0.25) is 0 Å². The summed E-state index contributed by atoms with van der Waals surface area (Å²) in [6, 6.07) is 5.87. The lowest BCUT2D eigenvalue weighted by molar-refractivity contribution is 0.412. The van der Waals surface area contributed by atoms with Crippen molar-refractivity contribution in [2.45, 2.75) is 32.7 Å². The first-order valence-electron chi connectivity index (χ1n) is 6.50. The summed E-state index contributed by atoms with van der Waals surface area (Å²) in [5, 5.41) is 4.15. The van der Waals surface area contributed by atoms with Gasteiger partial charge in [-0.25, -0.2) is 4.98 Å². The molecule has 0 spiro atoms. The molecule has 0 unspecified atom stereocenters. The quantitative estimate of drug-likeness (QED) is 0.761. The molecule has 0 fully saturated rings. The minimum Gasteiger partial charge on any atom is -0.441 e. The molecule has 1 aromatic heterocycles. The van der Waals surface area contributed by atoms with Crippen LogP contribution in [0.25, 0.3) is 11.3 Å². The highest BCUT2D eigenvalue weighted by Crippen LogP contribution is 2.27. The van der Waals surface area contributed by atoms with Gasteiger partial charge in [0.15, 0.2) is 11.7 Å². The van der Waals surface area contributed by atoms with Crippen molar-refractivity contribution in [2.24, 2.45) is 0 Å². The van der Waals surface area contributed by atoms with Gasteiger partial charge in [0, 0.05) is 27.6 Å². The zero-order valence-corrected chi connectivity index (χ0v) is 14.7. The van der Waals surface area contributed by atoms with Gasteiger partial charge >= 0.3 is 0 Å². The van der Waals surface area contributed by atoms with E-state index >= 15 is 0 Å². The van der Waals surface area contributed by atoms with Crippen LogP contribution in [0.1, 0.15) is 26.7 Å². The second-order valence-electron chi connectivity index (χ2n) is 5.67. The van der Waals surface area contributed by atoms with Crippen molar-refractivity contribution in [3.05, 3.63) is 38.9 Å². The molecule has 3 nitrogen and oxygen atoms in total. The van der Waals surface area contributed by atoms with Crippen molar-refractivity contribution in [1.29, 1.82) is 0 Å². The number of oxazole rings is 1. The smallest absolute Gasteiger partial charge is 0.196 e. The van der Waals surface area contributed by atoms with Crippen LogP contribution in [0.5, 0.6) is 0 Å². The van der Waals surface area contributed by atoms with Gasteiger partial charge in [0.2, 0.25) is 0 Å². The molecule has 0 atom stereocenters. The highest BCUT2D eigenvalue weighted by atomic mass is 127. The normalized spacial score (nSPS) is 11.8. The third-order valence-electron chi connectivity index (χ3n) is 2.75. The average molecular weight is 405 g/mol. The Morgan fingerprint density at radius 3 is 2.75 bits per heavy atom. The van der Waals surface area contributed by atoms with Crippen molar-refractivity contribution < 1.29 is 4.42 Å². The van der Waals surface area contributed by atoms with Gasteiger partial charge in [-0.05, 0) is 55.5 Å². The van der Waals surface area contributed by atoms with E-state index in [-0.39, 0.29) is 5.54 Å². The molecular weight excluding hydrogens is 387 g/mol. The number of nitrogens with zero attached hydrogens (tertiary/aromatic N) is 1. The third kappa shape index (κ3) is 4.46. The lowest BCUT2D eigenvalue weighted by Crippen LogP contribution is -2.37. The number of rotatable bonds is 4. The predicted octanol–water partition coefficient (Wildman–Crippen LogP) is 4.53. The number of nitrogens with one attached hydrogen (secondary N) is 1. The average Bonchev–Trinajstić information content (AvgIpc) is 2.80. The molecule has 0 aliphatic heterocycles. The first-order valence-corrected chi connectivity index (χ1v) is 7.96. The highest BCUT2D eigenvalue weighted by Gasteiger charge is 2.11. The Kier molecular flexibility index (Phi) is 5.09. The zero-order chi connectivity index (χ0) is 14.8. The maximum Gasteiger partial charge on any atom is 0.196 e. The van der Waals surface area contributed by atoms with Gasteiger partial charge in [0.05, 0.1) is 11.2 Å². The predicted molar refractivity (Wildman–Crippen MR) is 91.1 cm³/mol. The van der Waals surface area contributed by atoms with Gasteiger partial charge in [-0.15, -0.1) is 0 Å². The second kappa shape index (κ2) is 6.45. The van der Waals surface area contributed by atoms with Gasteiger partial charge in [-0.1, -0.05) is 17.7 Å². The molecule has 0 saturated carbocycles. The molecule has 2 aromatic rings. The van der Waals surface area contributed by atoms with Crippen LogP contribution < -0.4 is 5.32 Å². The van der Waals surface area contributed by atoms with E-state index in [9.17, 15) is 0 Å². The molecule has 0 bridgehead atoms. The summed E-state index contributed by atoms with van der Waals surface area (Å²) >= 11 is 8.33. The molecule has 1 N–H and O–H groups in total. The Morgan fingerprint density at radius 2 is 2.10 bits per heavy atom. The largest absolute Gasteiger partial charge is 0.441 e. The number of hydrogen-bond acceptors (Lipinski definition) is 3. The van der Waals surface area contributed by atoms with E-state index in [0.29, 0.717) is 0 Å². The maximum absolute atomic E-state index is 6.12. The van der Waals surface area contributed by atoms with Gasteiger partial charge in [-0.2, -0.15) is 0 Å². The molecule has 0 aliphatic carbocycles. The van der Waals surface area contributed by atoms with Crippen molar-refractivity contribution in [1.82, 2.24) is 10.3 Å². The summed E-state index contributed by atoms with van der Waals surface area (Å²) in [6.07, 6.45) is 2.53. The van der Waals surface area contributed by atoms with E-state index in [0.717, 1.165) is 38.8 Å². The van der Waals surface area contributed by atoms with Crippen LogP contribution in [-0.2, 0) is 6.42 Å². The Morgan fingerprint density at radius 1 is 1.35 bits per heavy atom. The molecule has 108 valence electrons. The number of halogens is 2. The molecule has 0 aliphatic rings. The van der Waals surface area contributed by atoms with E-state index < -0.39 is 0 Å².